The summed E-state index contributed by atoms with van der Waals surface area (Å²) in [4.78, 5) is 0. The van der Waals surface area contributed by atoms with Gasteiger partial charge in [-0.15, -0.1) is 0 Å². The fourth-order valence-corrected chi connectivity index (χ4v) is 9.08. The van der Waals surface area contributed by atoms with Crippen LogP contribution in [0.4, 0.5) is 0 Å². The monoisotopic (exact) mass is 326 g/mol. The van der Waals surface area contributed by atoms with Crippen molar-refractivity contribution < 1.29 is 8.85 Å². The lowest BCUT2D eigenvalue weighted by Gasteiger charge is -2.36. The van der Waals surface area contributed by atoms with Crippen LogP contribution < -0.4 is 0 Å². The fourth-order valence-electron chi connectivity index (χ4n) is 4.73. The van der Waals surface area contributed by atoms with Crippen molar-refractivity contribution in [2.24, 2.45) is 11.8 Å². The van der Waals surface area contributed by atoms with Gasteiger partial charge in [0.2, 0.25) is 0 Å². The summed E-state index contributed by atoms with van der Waals surface area (Å²) in [5.74, 6) is 1.75. The molecule has 0 bridgehead atoms. The highest BCUT2D eigenvalue weighted by atomic mass is 28.4. The first kappa shape index (κ1) is 18.5. The smallest absolute Gasteiger partial charge is 0.338 e. The van der Waals surface area contributed by atoms with Crippen LogP contribution in [-0.2, 0) is 8.85 Å². The molecule has 0 aliphatic heterocycles. The van der Waals surface area contributed by atoms with E-state index in [0.717, 1.165) is 25.0 Å². The van der Waals surface area contributed by atoms with Gasteiger partial charge >= 0.3 is 8.56 Å². The second kappa shape index (κ2) is 10.1. The molecule has 0 unspecified atom stereocenters. The van der Waals surface area contributed by atoms with E-state index in [0.29, 0.717) is 0 Å². The molecular weight excluding hydrogens is 288 g/mol. The van der Waals surface area contributed by atoms with E-state index in [2.05, 4.69) is 13.8 Å². The Balaban J connectivity index is 2.00. The van der Waals surface area contributed by atoms with Gasteiger partial charge in [-0.1, -0.05) is 70.6 Å². The molecule has 2 fully saturated rings. The van der Waals surface area contributed by atoms with Crippen molar-refractivity contribution in [1.29, 1.82) is 0 Å². The zero-order valence-corrected chi connectivity index (χ0v) is 16.1. The summed E-state index contributed by atoms with van der Waals surface area (Å²) in [6, 6.07) is 2.54. The summed E-state index contributed by atoms with van der Waals surface area (Å²) < 4.78 is 12.9. The second-order valence-electron chi connectivity index (χ2n) is 7.55. The zero-order valence-electron chi connectivity index (χ0n) is 15.1. The van der Waals surface area contributed by atoms with Gasteiger partial charge < -0.3 is 8.85 Å². The lowest BCUT2D eigenvalue weighted by Crippen LogP contribution is -2.45. The van der Waals surface area contributed by atoms with Crippen LogP contribution in [0.3, 0.4) is 0 Å². The van der Waals surface area contributed by atoms with Gasteiger partial charge in [-0.3, -0.25) is 0 Å². The van der Waals surface area contributed by atoms with Gasteiger partial charge in [0.25, 0.3) is 0 Å². The summed E-state index contributed by atoms with van der Waals surface area (Å²) >= 11 is 0. The lowest BCUT2D eigenvalue weighted by molar-refractivity contribution is 0.166. The third-order valence-corrected chi connectivity index (χ3v) is 9.74. The molecule has 2 aliphatic rings. The molecule has 2 saturated carbocycles. The standard InChI is InChI=1S/C19H38O2Si/c1-3-20-22(21-4-2,17-19-14-10-7-11-15-19)16-18-12-8-5-6-9-13-18/h18-19H,3-17H2,1-2H3. The van der Waals surface area contributed by atoms with Gasteiger partial charge in [0.1, 0.15) is 0 Å². The van der Waals surface area contributed by atoms with E-state index in [1.807, 2.05) is 0 Å². The number of hydrogen-bond donors (Lipinski definition) is 0. The van der Waals surface area contributed by atoms with E-state index < -0.39 is 8.56 Å². The molecule has 2 aliphatic carbocycles. The molecule has 2 nitrogen and oxygen atoms in total. The molecule has 0 N–H and O–H groups in total. The molecule has 0 saturated heterocycles. The average Bonchev–Trinajstić information content (AvgIpc) is 2.77. The second-order valence-corrected chi connectivity index (χ2v) is 10.8. The lowest BCUT2D eigenvalue weighted by atomic mass is 9.91. The first-order valence-electron chi connectivity index (χ1n) is 10.1. The molecule has 2 rings (SSSR count). The van der Waals surface area contributed by atoms with Crippen molar-refractivity contribution in [1.82, 2.24) is 0 Å². The van der Waals surface area contributed by atoms with Crippen LogP contribution in [0.25, 0.3) is 0 Å². The van der Waals surface area contributed by atoms with Crippen molar-refractivity contribution in [2.45, 2.75) is 96.6 Å². The van der Waals surface area contributed by atoms with Crippen LogP contribution in [0.1, 0.15) is 84.5 Å². The Hall–Kier alpha value is 0.137. The van der Waals surface area contributed by atoms with Crippen molar-refractivity contribution in [3.8, 4) is 0 Å². The predicted octanol–water partition coefficient (Wildman–Crippen LogP) is 6.05. The Morgan fingerprint density at radius 3 is 1.36 bits per heavy atom. The summed E-state index contributed by atoms with van der Waals surface area (Å²) in [6.45, 7) is 6.00. The molecule has 0 atom stereocenters. The van der Waals surface area contributed by atoms with Crippen LogP contribution in [0.2, 0.25) is 12.1 Å². The molecule has 0 heterocycles. The van der Waals surface area contributed by atoms with Gasteiger partial charge in [0, 0.05) is 13.2 Å². The van der Waals surface area contributed by atoms with Gasteiger partial charge in [-0.25, -0.2) is 0 Å². The van der Waals surface area contributed by atoms with Crippen LogP contribution in [0.15, 0.2) is 0 Å². The highest BCUT2D eigenvalue weighted by Crippen LogP contribution is 2.38. The molecule has 0 spiro atoms. The normalized spacial score (nSPS) is 22.6. The highest BCUT2D eigenvalue weighted by molar-refractivity contribution is 6.67. The first-order valence-corrected chi connectivity index (χ1v) is 12.3. The zero-order chi connectivity index (χ0) is 15.7. The summed E-state index contributed by atoms with van der Waals surface area (Å²) in [6.07, 6.45) is 15.7. The minimum atomic E-state index is -1.99. The average molecular weight is 327 g/mol. The summed E-state index contributed by atoms with van der Waals surface area (Å²) in [7, 11) is -1.99. The maximum absolute atomic E-state index is 6.43. The maximum atomic E-state index is 6.43. The summed E-state index contributed by atoms with van der Waals surface area (Å²) in [5.41, 5.74) is 0. The van der Waals surface area contributed by atoms with E-state index in [4.69, 9.17) is 8.85 Å². The Morgan fingerprint density at radius 2 is 1.00 bits per heavy atom. The summed E-state index contributed by atoms with van der Waals surface area (Å²) in [5, 5.41) is 0. The van der Waals surface area contributed by atoms with E-state index in [-0.39, 0.29) is 0 Å². The SMILES string of the molecule is CCO[Si](CC1CCCCCC1)(CC1CCCCC1)OCC. The molecule has 130 valence electrons. The van der Waals surface area contributed by atoms with E-state index >= 15 is 0 Å². The molecular formula is C19H38O2Si. The minimum absolute atomic E-state index is 0.839. The van der Waals surface area contributed by atoms with Gasteiger partial charge in [-0.05, 0) is 37.8 Å². The molecule has 0 amide bonds. The van der Waals surface area contributed by atoms with Crippen molar-refractivity contribution in [3.05, 3.63) is 0 Å². The minimum Gasteiger partial charge on any atom is -0.394 e. The van der Waals surface area contributed by atoms with Crippen molar-refractivity contribution in [2.75, 3.05) is 13.2 Å². The quantitative estimate of drug-likeness (QED) is 0.399. The van der Waals surface area contributed by atoms with Crippen molar-refractivity contribution in [3.63, 3.8) is 0 Å². The van der Waals surface area contributed by atoms with E-state index in [1.165, 1.54) is 82.7 Å². The molecule has 0 aromatic rings. The van der Waals surface area contributed by atoms with Crippen LogP contribution >= 0.6 is 0 Å². The Labute approximate surface area is 139 Å². The molecule has 0 aromatic carbocycles. The molecule has 0 radical (unpaired) electrons. The van der Waals surface area contributed by atoms with Gasteiger partial charge in [-0.2, -0.15) is 0 Å². The molecule has 0 aromatic heterocycles. The van der Waals surface area contributed by atoms with Gasteiger partial charge in [0.15, 0.2) is 0 Å². The first-order chi connectivity index (χ1) is 10.8. The number of hydrogen-bond acceptors (Lipinski definition) is 2. The third kappa shape index (κ3) is 5.97. The number of rotatable bonds is 8. The Bertz CT molecular complexity index is 275. The molecule has 3 heteroatoms. The van der Waals surface area contributed by atoms with Crippen molar-refractivity contribution >= 4 is 8.56 Å². The third-order valence-electron chi connectivity index (χ3n) is 5.71. The highest BCUT2D eigenvalue weighted by Gasteiger charge is 2.41. The Morgan fingerprint density at radius 1 is 0.636 bits per heavy atom. The largest absolute Gasteiger partial charge is 0.394 e. The van der Waals surface area contributed by atoms with Gasteiger partial charge in [0.05, 0.1) is 0 Å². The molecule has 22 heavy (non-hydrogen) atoms. The van der Waals surface area contributed by atoms with Crippen LogP contribution in [-0.4, -0.2) is 21.8 Å². The Kier molecular flexibility index (Phi) is 8.48. The van der Waals surface area contributed by atoms with Crippen LogP contribution in [0.5, 0.6) is 0 Å². The van der Waals surface area contributed by atoms with E-state index in [1.54, 1.807) is 0 Å². The predicted molar refractivity (Wildman–Crippen MR) is 96.4 cm³/mol. The fraction of sp³-hybridized carbons (Fsp3) is 1.00. The maximum Gasteiger partial charge on any atom is 0.338 e. The van der Waals surface area contributed by atoms with E-state index in [9.17, 15) is 0 Å². The topological polar surface area (TPSA) is 18.5 Å². The van der Waals surface area contributed by atoms with Crippen LogP contribution in [0, 0.1) is 11.8 Å².